The van der Waals surface area contributed by atoms with E-state index in [9.17, 15) is 4.79 Å². The molecule has 1 atom stereocenters. The molecule has 0 radical (unpaired) electrons. The maximum Gasteiger partial charge on any atom is 0.306 e. The summed E-state index contributed by atoms with van der Waals surface area (Å²) >= 11 is 1.81. The predicted molar refractivity (Wildman–Crippen MR) is 173 cm³/mol. The van der Waals surface area contributed by atoms with Crippen molar-refractivity contribution in [3.05, 3.63) is 85.0 Å². The number of hydrogen-bond donors (Lipinski definition) is 0. The molecule has 39 heavy (non-hydrogen) atoms. The topological polar surface area (TPSA) is 35.5 Å². The Morgan fingerprint density at radius 2 is 1.51 bits per heavy atom. The Bertz CT molecular complexity index is 943. The summed E-state index contributed by atoms with van der Waals surface area (Å²) in [6, 6.07) is 21.8. The van der Waals surface area contributed by atoms with Crippen LogP contribution >= 0.6 is 11.8 Å². The van der Waals surface area contributed by atoms with Crippen molar-refractivity contribution in [2.75, 3.05) is 18.6 Å². The Morgan fingerprint density at radius 1 is 0.897 bits per heavy atom. The van der Waals surface area contributed by atoms with Crippen molar-refractivity contribution in [2.24, 2.45) is 0 Å². The minimum atomic E-state index is -2.63. The number of ether oxygens (including phenoxy) is 1. The molecule has 2 rings (SSSR count). The van der Waals surface area contributed by atoms with Gasteiger partial charge in [0.2, 0.25) is 0 Å². The molecule has 2 aromatic carbocycles. The molecule has 0 N–H and O–H groups in total. The Balaban J connectivity index is 2.26. The van der Waals surface area contributed by atoms with Gasteiger partial charge < -0.3 is 9.16 Å². The molecule has 0 saturated heterocycles. The van der Waals surface area contributed by atoms with Crippen LogP contribution in [0.4, 0.5) is 0 Å². The van der Waals surface area contributed by atoms with Gasteiger partial charge in [0.05, 0.1) is 19.6 Å². The standard InChI is InChI=1S/C34H50O3SSi/c1-6-7-8-9-10-11-12-13-16-21-30(26-28-38-29-27-33(35)36-5)37-39(34(2,3)4,31-22-17-14-18-23-31)32-24-19-15-20-25-32/h10-11,13-20,22-25,30H,6-9,12,21,26-29H2,1-5H3/b11-10-,16-13-. The SMILES string of the molecule is CCCCC/C=C\C/C=C\CC(CCSCCC(=O)OC)O[Si](c1ccccc1)(c1ccccc1)C(C)(C)C. The molecule has 0 amide bonds. The largest absolute Gasteiger partial charge is 0.469 e. The lowest BCUT2D eigenvalue weighted by Crippen LogP contribution is -2.67. The summed E-state index contributed by atoms with van der Waals surface area (Å²) in [5.41, 5.74) is 0. The summed E-state index contributed by atoms with van der Waals surface area (Å²) in [6.07, 6.45) is 17.5. The smallest absolute Gasteiger partial charge is 0.306 e. The van der Waals surface area contributed by atoms with Crippen molar-refractivity contribution < 1.29 is 14.0 Å². The number of esters is 1. The van der Waals surface area contributed by atoms with Crippen LogP contribution in [-0.2, 0) is 14.0 Å². The molecular formula is C34H50O3SSi. The van der Waals surface area contributed by atoms with Gasteiger partial charge in [-0.05, 0) is 53.3 Å². The van der Waals surface area contributed by atoms with Gasteiger partial charge in [0, 0.05) is 5.75 Å². The van der Waals surface area contributed by atoms with Gasteiger partial charge in [0.25, 0.3) is 8.32 Å². The first-order chi connectivity index (χ1) is 18.8. The number of rotatable bonds is 18. The van der Waals surface area contributed by atoms with Crippen LogP contribution in [0.1, 0.15) is 79.1 Å². The van der Waals surface area contributed by atoms with Gasteiger partial charge in [-0.25, -0.2) is 0 Å². The van der Waals surface area contributed by atoms with E-state index in [1.807, 2.05) is 0 Å². The van der Waals surface area contributed by atoms with Crippen molar-refractivity contribution in [3.8, 4) is 0 Å². The minimum Gasteiger partial charge on any atom is -0.469 e. The number of methoxy groups -OCH3 is 1. The zero-order chi connectivity index (χ0) is 28.4. The molecule has 3 nitrogen and oxygen atoms in total. The number of benzene rings is 2. The molecule has 0 aliphatic rings. The van der Waals surface area contributed by atoms with Crippen LogP contribution < -0.4 is 10.4 Å². The lowest BCUT2D eigenvalue weighted by Gasteiger charge is -2.45. The lowest BCUT2D eigenvalue weighted by atomic mass is 10.1. The Morgan fingerprint density at radius 3 is 2.08 bits per heavy atom. The third kappa shape index (κ3) is 11.1. The summed E-state index contributed by atoms with van der Waals surface area (Å²) in [5.74, 6) is 1.58. The Kier molecular flexibility index (Phi) is 15.5. The van der Waals surface area contributed by atoms with E-state index in [4.69, 9.17) is 9.16 Å². The third-order valence-corrected chi connectivity index (χ3v) is 13.1. The van der Waals surface area contributed by atoms with E-state index in [1.165, 1.54) is 43.2 Å². The fourth-order valence-corrected chi connectivity index (χ4v) is 10.6. The average Bonchev–Trinajstić information content (AvgIpc) is 2.94. The van der Waals surface area contributed by atoms with E-state index in [0.29, 0.717) is 6.42 Å². The van der Waals surface area contributed by atoms with Crippen LogP contribution in [0, 0.1) is 0 Å². The highest BCUT2D eigenvalue weighted by molar-refractivity contribution is 7.99. The van der Waals surface area contributed by atoms with E-state index >= 15 is 0 Å². The first-order valence-electron chi connectivity index (χ1n) is 14.6. The number of unbranched alkanes of at least 4 members (excludes halogenated alkanes) is 3. The van der Waals surface area contributed by atoms with Crippen molar-refractivity contribution >= 4 is 36.4 Å². The predicted octanol–water partition coefficient (Wildman–Crippen LogP) is 8.09. The average molecular weight is 567 g/mol. The van der Waals surface area contributed by atoms with Gasteiger partial charge in [-0.1, -0.05) is 126 Å². The molecule has 1 unspecified atom stereocenters. The molecule has 0 saturated carbocycles. The molecule has 0 aromatic heterocycles. The van der Waals surface area contributed by atoms with Crippen LogP contribution in [-0.4, -0.2) is 39.0 Å². The van der Waals surface area contributed by atoms with E-state index in [1.54, 1.807) is 11.8 Å². The maximum atomic E-state index is 11.6. The highest BCUT2D eigenvalue weighted by Crippen LogP contribution is 2.38. The molecule has 0 bridgehead atoms. The van der Waals surface area contributed by atoms with Gasteiger partial charge in [-0.15, -0.1) is 0 Å². The van der Waals surface area contributed by atoms with Gasteiger partial charge in [0.15, 0.2) is 0 Å². The first-order valence-corrected chi connectivity index (χ1v) is 17.6. The molecule has 0 aliphatic heterocycles. The second-order valence-electron chi connectivity index (χ2n) is 11.0. The van der Waals surface area contributed by atoms with Crippen molar-refractivity contribution in [3.63, 3.8) is 0 Å². The van der Waals surface area contributed by atoms with E-state index in [0.717, 1.165) is 30.8 Å². The van der Waals surface area contributed by atoms with E-state index in [2.05, 4.69) is 113 Å². The first kappa shape index (κ1) is 33.1. The zero-order valence-corrected chi connectivity index (χ0v) is 26.7. The quantitative estimate of drug-likeness (QED) is 0.0790. The van der Waals surface area contributed by atoms with Gasteiger partial charge in [-0.3, -0.25) is 4.79 Å². The summed E-state index contributed by atoms with van der Waals surface area (Å²) in [5, 5.41) is 2.56. The van der Waals surface area contributed by atoms with Crippen LogP contribution in [0.2, 0.25) is 5.04 Å². The highest BCUT2D eigenvalue weighted by atomic mass is 32.2. The zero-order valence-electron chi connectivity index (χ0n) is 24.9. The molecule has 0 fully saturated rings. The third-order valence-electron chi connectivity index (χ3n) is 7.00. The number of allylic oxidation sites excluding steroid dienone is 3. The Hall–Kier alpha value is -2.08. The molecule has 5 heteroatoms. The van der Waals surface area contributed by atoms with Gasteiger partial charge in [0.1, 0.15) is 0 Å². The van der Waals surface area contributed by atoms with Crippen LogP contribution in [0.3, 0.4) is 0 Å². The van der Waals surface area contributed by atoms with Crippen LogP contribution in [0.25, 0.3) is 0 Å². The number of carbonyl (C=O) groups is 1. The van der Waals surface area contributed by atoms with Crippen molar-refractivity contribution in [1.82, 2.24) is 0 Å². The molecular weight excluding hydrogens is 517 g/mol. The fourth-order valence-electron chi connectivity index (χ4n) is 4.89. The number of carbonyl (C=O) groups excluding carboxylic acids is 1. The van der Waals surface area contributed by atoms with Gasteiger partial charge in [-0.2, -0.15) is 11.8 Å². The van der Waals surface area contributed by atoms with Crippen molar-refractivity contribution in [1.29, 1.82) is 0 Å². The second kappa shape index (κ2) is 18.3. The van der Waals surface area contributed by atoms with Crippen LogP contribution in [0.15, 0.2) is 85.0 Å². The lowest BCUT2D eigenvalue weighted by molar-refractivity contribution is -0.140. The molecule has 0 heterocycles. The van der Waals surface area contributed by atoms with Gasteiger partial charge >= 0.3 is 5.97 Å². The highest BCUT2D eigenvalue weighted by Gasteiger charge is 2.51. The van der Waals surface area contributed by atoms with E-state index < -0.39 is 8.32 Å². The summed E-state index contributed by atoms with van der Waals surface area (Å²) < 4.78 is 12.3. The molecule has 214 valence electrons. The molecule has 0 aliphatic carbocycles. The summed E-state index contributed by atoms with van der Waals surface area (Å²) in [7, 11) is -1.18. The fraction of sp³-hybridized carbons (Fsp3) is 0.500. The number of hydrogen-bond acceptors (Lipinski definition) is 4. The van der Waals surface area contributed by atoms with Crippen LogP contribution in [0.5, 0.6) is 0 Å². The molecule has 0 spiro atoms. The molecule has 2 aromatic rings. The minimum absolute atomic E-state index is 0.0586. The number of thioether (sulfide) groups is 1. The summed E-state index contributed by atoms with van der Waals surface area (Å²) in [6.45, 7) is 9.25. The summed E-state index contributed by atoms with van der Waals surface area (Å²) in [4.78, 5) is 11.6. The van der Waals surface area contributed by atoms with Crippen molar-refractivity contribution in [2.45, 2.75) is 90.2 Å². The maximum absolute atomic E-state index is 11.6. The van der Waals surface area contributed by atoms with E-state index in [-0.39, 0.29) is 17.1 Å². The second-order valence-corrected chi connectivity index (χ2v) is 16.5. The monoisotopic (exact) mass is 566 g/mol. The Labute approximate surface area is 243 Å². The normalized spacial score (nSPS) is 13.3.